The second kappa shape index (κ2) is 5.67. The molecule has 9 heavy (non-hydrogen) atoms. The van der Waals surface area contributed by atoms with Crippen molar-refractivity contribution in [1.29, 1.82) is 0 Å². The molecule has 0 radical (unpaired) electrons. The predicted octanol–water partition coefficient (Wildman–Crippen LogP) is -5.01. The molecule has 0 unspecified atom stereocenters. The van der Waals surface area contributed by atoms with Crippen molar-refractivity contribution in [3.8, 4) is 0 Å². The summed E-state index contributed by atoms with van der Waals surface area (Å²) in [5.41, 5.74) is 0. The Kier molecular flexibility index (Phi) is 7.15. The van der Waals surface area contributed by atoms with Crippen LogP contribution in [0.25, 0.3) is 0 Å². The van der Waals surface area contributed by atoms with E-state index in [1.807, 2.05) is 0 Å². The maximum Gasteiger partial charge on any atom is 1.00 e. The number of carbonyl (C=O) groups is 1. The van der Waals surface area contributed by atoms with Crippen LogP contribution in [-0.2, 0) is 4.79 Å². The van der Waals surface area contributed by atoms with Crippen molar-refractivity contribution < 1.29 is 28.8 Å². The van der Waals surface area contributed by atoms with E-state index >= 15 is 0 Å². The van der Waals surface area contributed by atoms with E-state index < -0.39 is 5.97 Å². The van der Waals surface area contributed by atoms with E-state index in [0.717, 1.165) is 0 Å². The van der Waals surface area contributed by atoms with Crippen molar-refractivity contribution in [3.63, 3.8) is 0 Å². The Labute approximate surface area is 65.5 Å². The first-order chi connectivity index (χ1) is 3.72. The Morgan fingerprint density at radius 2 is 2.11 bits per heavy atom. The largest absolute Gasteiger partial charge is 1.00 e. The molecule has 0 rings (SSSR count). The quantitative estimate of drug-likeness (QED) is 0.199. The molecule has 0 aliphatic heterocycles. The van der Waals surface area contributed by atoms with Crippen LogP contribution in [0, 0.1) is 0 Å². The molecular formula is C4H7LiN2O2. The summed E-state index contributed by atoms with van der Waals surface area (Å²) >= 11 is 0. The topological polar surface area (TPSA) is 64.5 Å². The summed E-state index contributed by atoms with van der Waals surface area (Å²) in [5, 5.41) is 12.2. The molecule has 0 aliphatic carbocycles. The zero-order valence-electron chi connectivity index (χ0n) is 5.76. The van der Waals surface area contributed by atoms with Crippen LogP contribution in [0.3, 0.4) is 0 Å². The molecule has 46 valence electrons. The standard InChI is InChI=1S/C4H8N2O2.Li/c1-5-3(6-2)4(7)8;/h1-2H3,(H,5,6)(H,7,8);/q;+1/p-1. The van der Waals surface area contributed by atoms with E-state index in [9.17, 15) is 9.90 Å². The predicted molar refractivity (Wildman–Crippen MR) is 27.4 cm³/mol. The van der Waals surface area contributed by atoms with Gasteiger partial charge in [-0.05, 0) is 0 Å². The molecule has 0 aromatic rings. The first-order valence-electron chi connectivity index (χ1n) is 2.08. The molecule has 4 nitrogen and oxygen atoms in total. The van der Waals surface area contributed by atoms with E-state index in [1.54, 1.807) is 0 Å². The van der Waals surface area contributed by atoms with Gasteiger partial charge in [0.05, 0.1) is 0 Å². The number of aliphatic carboxylic acids is 1. The summed E-state index contributed by atoms with van der Waals surface area (Å²) in [7, 11) is 2.85. The third-order valence-corrected chi connectivity index (χ3v) is 0.654. The van der Waals surface area contributed by atoms with Gasteiger partial charge in [-0.2, -0.15) is 0 Å². The molecule has 0 fully saturated rings. The molecule has 5 heteroatoms. The summed E-state index contributed by atoms with van der Waals surface area (Å²) in [4.78, 5) is 13.2. The molecule has 0 atom stereocenters. The molecule has 0 aromatic carbocycles. The zero-order valence-corrected chi connectivity index (χ0v) is 5.76. The normalized spacial score (nSPS) is 9.78. The number of nitrogens with zero attached hydrogens (tertiary/aromatic N) is 1. The number of hydrogen-bond donors (Lipinski definition) is 1. The summed E-state index contributed by atoms with van der Waals surface area (Å²) in [6, 6.07) is 0. The summed E-state index contributed by atoms with van der Waals surface area (Å²) in [5.74, 6) is -1.42. The van der Waals surface area contributed by atoms with Gasteiger partial charge in [0, 0.05) is 14.1 Å². The van der Waals surface area contributed by atoms with Crippen molar-refractivity contribution in [2.75, 3.05) is 14.1 Å². The van der Waals surface area contributed by atoms with Crippen LogP contribution >= 0.6 is 0 Å². The van der Waals surface area contributed by atoms with Gasteiger partial charge in [0.25, 0.3) is 0 Å². The third-order valence-electron chi connectivity index (χ3n) is 0.654. The molecule has 0 spiro atoms. The SMILES string of the molecule is CN=C(NC)C(=O)[O-].[Li+]. The Morgan fingerprint density at radius 1 is 1.67 bits per heavy atom. The maximum atomic E-state index is 9.86. The maximum absolute atomic E-state index is 9.86. The minimum absolute atomic E-state index is 0. The molecule has 0 saturated heterocycles. The van der Waals surface area contributed by atoms with E-state index in [-0.39, 0.29) is 24.7 Å². The Balaban J connectivity index is 0. The summed E-state index contributed by atoms with van der Waals surface area (Å²) in [6.45, 7) is 0. The zero-order chi connectivity index (χ0) is 6.57. The summed E-state index contributed by atoms with van der Waals surface area (Å²) in [6.07, 6.45) is 0. The van der Waals surface area contributed by atoms with Gasteiger partial charge < -0.3 is 15.2 Å². The average molecular weight is 122 g/mol. The van der Waals surface area contributed by atoms with Crippen molar-refractivity contribution in [2.24, 2.45) is 4.99 Å². The van der Waals surface area contributed by atoms with Crippen molar-refractivity contribution >= 4 is 11.8 Å². The van der Waals surface area contributed by atoms with E-state index in [0.29, 0.717) is 0 Å². The van der Waals surface area contributed by atoms with Gasteiger partial charge >= 0.3 is 18.9 Å². The Morgan fingerprint density at radius 3 is 2.11 bits per heavy atom. The van der Waals surface area contributed by atoms with Crippen LogP contribution in [0.1, 0.15) is 0 Å². The van der Waals surface area contributed by atoms with Gasteiger partial charge in [0.2, 0.25) is 0 Å². The molecule has 0 amide bonds. The first kappa shape index (κ1) is 11.3. The fourth-order valence-corrected chi connectivity index (χ4v) is 0.305. The van der Waals surface area contributed by atoms with Crippen LogP contribution in [0.4, 0.5) is 0 Å². The van der Waals surface area contributed by atoms with Crippen LogP contribution < -0.4 is 29.3 Å². The van der Waals surface area contributed by atoms with Crippen LogP contribution in [0.15, 0.2) is 4.99 Å². The van der Waals surface area contributed by atoms with Crippen molar-refractivity contribution in [3.05, 3.63) is 0 Å². The molecule has 1 N–H and O–H groups in total. The third kappa shape index (κ3) is 4.07. The number of nitrogens with one attached hydrogen (secondary N) is 1. The number of hydrogen-bond acceptors (Lipinski definition) is 3. The van der Waals surface area contributed by atoms with Crippen molar-refractivity contribution in [1.82, 2.24) is 5.32 Å². The number of likely N-dealkylation sites (N-methyl/N-ethyl adjacent to an activating group) is 1. The Bertz CT molecular complexity index is 124. The molecular weight excluding hydrogens is 115 g/mol. The fourth-order valence-electron chi connectivity index (χ4n) is 0.305. The first-order valence-corrected chi connectivity index (χ1v) is 2.08. The second-order valence-corrected chi connectivity index (χ2v) is 1.11. The smallest absolute Gasteiger partial charge is 0.542 e. The number of carboxylic acid groups (broad SMARTS) is 1. The fraction of sp³-hybridized carbons (Fsp3) is 0.500. The molecule has 0 aromatic heterocycles. The monoisotopic (exact) mass is 122 g/mol. The van der Waals surface area contributed by atoms with Gasteiger partial charge in [-0.25, -0.2) is 0 Å². The van der Waals surface area contributed by atoms with Gasteiger partial charge in [-0.15, -0.1) is 0 Å². The van der Waals surface area contributed by atoms with Gasteiger partial charge in [-0.1, -0.05) is 0 Å². The van der Waals surface area contributed by atoms with E-state index in [2.05, 4.69) is 10.3 Å². The number of carbonyl (C=O) groups excluding carboxylic acids is 1. The minimum atomic E-state index is -1.28. The van der Waals surface area contributed by atoms with Gasteiger partial charge in [0.1, 0.15) is 11.8 Å². The molecule has 0 bridgehead atoms. The minimum Gasteiger partial charge on any atom is -0.542 e. The molecule has 0 saturated carbocycles. The number of rotatable bonds is 0. The average Bonchev–Trinajstić information content (AvgIpc) is 1.69. The van der Waals surface area contributed by atoms with Crippen LogP contribution in [-0.4, -0.2) is 25.9 Å². The summed E-state index contributed by atoms with van der Waals surface area (Å²) < 4.78 is 0. The van der Waals surface area contributed by atoms with E-state index in [1.165, 1.54) is 14.1 Å². The van der Waals surface area contributed by atoms with Gasteiger partial charge in [-0.3, -0.25) is 4.99 Å². The van der Waals surface area contributed by atoms with Crippen molar-refractivity contribution in [2.45, 2.75) is 0 Å². The number of amidine groups is 1. The molecule has 0 aliphatic rings. The molecule has 0 heterocycles. The van der Waals surface area contributed by atoms with E-state index in [4.69, 9.17) is 0 Å². The van der Waals surface area contributed by atoms with Crippen LogP contribution in [0.2, 0.25) is 0 Å². The second-order valence-electron chi connectivity index (χ2n) is 1.11. The number of aliphatic imine (C=N–C) groups is 1. The Hall–Kier alpha value is -0.463. The van der Waals surface area contributed by atoms with Gasteiger partial charge in [0.15, 0.2) is 0 Å². The van der Waals surface area contributed by atoms with Crippen LogP contribution in [0.5, 0.6) is 0 Å². The number of carboxylic acids is 1.